The van der Waals surface area contributed by atoms with Crippen LogP contribution >= 0.6 is 0 Å². The second kappa shape index (κ2) is 14.5. The van der Waals surface area contributed by atoms with Crippen molar-refractivity contribution in [3.8, 4) is 0 Å². The number of carboxylic acids is 1. The first kappa shape index (κ1) is 20.6. The summed E-state index contributed by atoms with van der Waals surface area (Å²) < 4.78 is 0. The molecule has 0 amide bonds. The Morgan fingerprint density at radius 2 is 1.27 bits per heavy atom. The summed E-state index contributed by atoms with van der Waals surface area (Å²) in [7, 11) is 0. The Balaban J connectivity index is 3.27. The monoisotopic (exact) mass is 310 g/mol. The minimum Gasteiger partial charge on any atom is -0.475 e. The number of carbonyl (C=O) groups is 3. The second-order valence-corrected chi connectivity index (χ2v) is 5.66. The van der Waals surface area contributed by atoms with Crippen molar-refractivity contribution < 1.29 is 19.5 Å². The SMILES string of the molecule is CC/C=C\CCCCCCCCCCCC(=O)C(=O)C(=O)O. The number of unbranched alkanes of at least 4 members (excludes halogenated alkanes) is 9. The van der Waals surface area contributed by atoms with Gasteiger partial charge in [-0.3, -0.25) is 9.59 Å². The van der Waals surface area contributed by atoms with Gasteiger partial charge in [0.25, 0.3) is 0 Å². The molecule has 0 aliphatic heterocycles. The fraction of sp³-hybridized carbons (Fsp3) is 0.722. The van der Waals surface area contributed by atoms with E-state index in [2.05, 4.69) is 19.1 Å². The van der Waals surface area contributed by atoms with E-state index < -0.39 is 17.5 Å². The topological polar surface area (TPSA) is 71.4 Å². The van der Waals surface area contributed by atoms with E-state index in [4.69, 9.17) is 5.11 Å². The highest BCUT2D eigenvalue weighted by molar-refractivity contribution is 6.61. The average Bonchev–Trinajstić information content (AvgIpc) is 2.50. The number of allylic oxidation sites excluding steroid dienone is 2. The Labute approximate surface area is 134 Å². The van der Waals surface area contributed by atoms with Crippen molar-refractivity contribution in [1.82, 2.24) is 0 Å². The molecule has 0 aromatic rings. The maximum Gasteiger partial charge on any atom is 0.380 e. The van der Waals surface area contributed by atoms with Gasteiger partial charge in [0, 0.05) is 6.42 Å². The summed E-state index contributed by atoms with van der Waals surface area (Å²) >= 11 is 0. The van der Waals surface area contributed by atoms with E-state index in [0.717, 1.165) is 25.7 Å². The molecule has 0 fully saturated rings. The van der Waals surface area contributed by atoms with Crippen LogP contribution in [0.25, 0.3) is 0 Å². The zero-order chi connectivity index (χ0) is 16.6. The molecule has 0 saturated carbocycles. The number of carbonyl (C=O) groups excluding carboxylic acids is 2. The first-order chi connectivity index (χ1) is 10.6. The van der Waals surface area contributed by atoms with E-state index in [0.29, 0.717) is 6.42 Å². The largest absolute Gasteiger partial charge is 0.475 e. The third-order valence-electron chi connectivity index (χ3n) is 3.62. The van der Waals surface area contributed by atoms with Crippen molar-refractivity contribution in [3.05, 3.63) is 12.2 Å². The Hall–Kier alpha value is -1.45. The summed E-state index contributed by atoms with van der Waals surface area (Å²) in [6, 6.07) is 0. The molecule has 4 nitrogen and oxygen atoms in total. The summed E-state index contributed by atoms with van der Waals surface area (Å²) in [6.07, 6.45) is 16.9. The summed E-state index contributed by atoms with van der Waals surface area (Å²) in [5.41, 5.74) is 0. The van der Waals surface area contributed by atoms with Crippen LogP contribution < -0.4 is 0 Å². The minimum atomic E-state index is -1.64. The zero-order valence-electron chi connectivity index (χ0n) is 13.8. The molecule has 0 unspecified atom stereocenters. The van der Waals surface area contributed by atoms with Crippen LogP contribution in [0, 0.1) is 0 Å². The van der Waals surface area contributed by atoms with Gasteiger partial charge in [0.1, 0.15) is 0 Å². The van der Waals surface area contributed by atoms with Crippen LogP contribution in [0.5, 0.6) is 0 Å². The maximum absolute atomic E-state index is 11.2. The van der Waals surface area contributed by atoms with Crippen LogP contribution in [0.1, 0.15) is 84.0 Å². The number of rotatable bonds is 15. The van der Waals surface area contributed by atoms with Gasteiger partial charge < -0.3 is 5.11 Å². The molecule has 126 valence electrons. The molecule has 0 spiro atoms. The normalized spacial score (nSPS) is 11.0. The van der Waals surface area contributed by atoms with Crippen LogP contribution in [0.2, 0.25) is 0 Å². The van der Waals surface area contributed by atoms with E-state index in [1.807, 2.05) is 0 Å². The van der Waals surface area contributed by atoms with Gasteiger partial charge in [-0.05, 0) is 25.7 Å². The lowest BCUT2D eigenvalue weighted by molar-refractivity contribution is -0.152. The third-order valence-corrected chi connectivity index (χ3v) is 3.62. The molecule has 0 bridgehead atoms. The highest BCUT2D eigenvalue weighted by Gasteiger charge is 2.20. The predicted octanol–water partition coefficient (Wildman–Crippen LogP) is 4.47. The van der Waals surface area contributed by atoms with Gasteiger partial charge in [0.2, 0.25) is 5.78 Å². The number of Topliss-reactive ketones (excluding diaryl/α,β-unsaturated/α-hetero) is 2. The van der Waals surface area contributed by atoms with Gasteiger partial charge in [-0.25, -0.2) is 4.79 Å². The summed E-state index contributed by atoms with van der Waals surface area (Å²) in [6.45, 7) is 2.15. The van der Waals surface area contributed by atoms with Crippen molar-refractivity contribution in [2.45, 2.75) is 84.0 Å². The number of aliphatic carboxylic acids is 1. The molecule has 22 heavy (non-hydrogen) atoms. The molecule has 0 heterocycles. The molecular formula is C18H30O4. The van der Waals surface area contributed by atoms with Crippen LogP contribution in [-0.2, 0) is 14.4 Å². The average molecular weight is 310 g/mol. The molecule has 0 aromatic heterocycles. The van der Waals surface area contributed by atoms with Crippen molar-refractivity contribution in [2.75, 3.05) is 0 Å². The Bertz CT molecular complexity index is 358. The molecular weight excluding hydrogens is 280 g/mol. The van der Waals surface area contributed by atoms with Crippen molar-refractivity contribution in [2.24, 2.45) is 0 Å². The molecule has 0 aromatic carbocycles. The molecule has 1 N–H and O–H groups in total. The lowest BCUT2D eigenvalue weighted by atomic mass is 10.0. The second-order valence-electron chi connectivity index (χ2n) is 5.66. The van der Waals surface area contributed by atoms with Gasteiger partial charge in [-0.1, -0.05) is 64.0 Å². The third kappa shape index (κ3) is 12.3. The quantitative estimate of drug-likeness (QED) is 0.210. The molecule has 0 rings (SSSR count). The predicted molar refractivity (Wildman–Crippen MR) is 87.9 cm³/mol. The molecule has 4 heteroatoms. The summed E-state index contributed by atoms with van der Waals surface area (Å²) in [5.74, 6) is -3.70. The molecule has 0 radical (unpaired) electrons. The maximum atomic E-state index is 11.2. The Kier molecular flexibility index (Phi) is 13.5. The summed E-state index contributed by atoms with van der Waals surface area (Å²) in [4.78, 5) is 32.3. The van der Waals surface area contributed by atoms with Gasteiger partial charge >= 0.3 is 11.8 Å². The lowest BCUT2D eigenvalue weighted by Gasteiger charge is -2.02. The highest BCUT2D eigenvalue weighted by atomic mass is 16.4. The standard InChI is InChI=1S/C18H30O4/c1-2-3-4-5-6-7-8-9-10-11-12-13-14-15-16(19)17(20)18(21)22/h3-4H,2,5-15H2,1H3,(H,21,22)/b4-3-. The van der Waals surface area contributed by atoms with Crippen molar-refractivity contribution in [1.29, 1.82) is 0 Å². The van der Waals surface area contributed by atoms with Crippen LogP contribution in [0.3, 0.4) is 0 Å². The number of hydrogen-bond donors (Lipinski definition) is 1. The van der Waals surface area contributed by atoms with Crippen LogP contribution in [0.15, 0.2) is 12.2 Å². The van der Waals surface area contributed by atoms with E-state index in [9.17, 15) is 14.4 Å². The van der Waals surface area contributed by atoms with Gasteiger partial charge in [0.05, 0.1) is 0 Å². The lowest BCUT2D eigenvalue weighted by Crippen LogP contribution is -2.22. The number of carboxylic acid groups (broad SMARTS) is 1. The fourth-order valence-corrected chi connectivity index (χ4v) is 2.30. The minimum absolute atomic E-state index is 0.0659. The van der Waals surface area contributed by atoms with Gasteiger partial charge in [-0.15, -0.1) is 0 Å². The first-order valence-corrected chi connectivity index (χ1v) is 8.55. The fourth-order valence-electron chi connectivity index (χ4n) is 2.30. The number of ketones is 2. The molecule has 0 aliphatic rings. The van der Waals surface area contributed by atoms with Crippen molar-refractivity contribution in [3.63, 3.8) is 0 Å². The molecule has 0 saturated heterocycles. The van der Waals surface area contributed by atoms with Gasteiger partial charge in [0.15, 0.2) is 0 Å². The smallest absolute Gasteiger partial charge is 0.380 e. The van der Waals surface area contributed by atoms with Crippen LogP contribution in [-0.4, -0.2) is 22.6 Å². The molecule has 0 aliphatic carbocycles. The highest BCUT2D eigenvalue weighted by Crippen LogP contribution is 2.11. The van der Waals surface area contributed by atoms with Gasteiger partial charge in [-0.2, -0.15) is 0 Å². The number of hydrogen-bond acceptors (Lipinski definition) is 3. The van der Waals surface area contributed by atoms with E-state index in [-0.39, 0.29) is 6.42 Å². The Morgan fingerprint density at radius 1 is 0.773 bits per heavy atom. The molecule has 0 atom stereocenters. The first-order valence-electron chi connectivity index (χ1n) is 8.55. The van der Waals surface area contributed by atoms with E-state index >= 15 is 0 Å². The van der Waals surface area contributed by atoms with E-state index in [1.54, 1.807) is 0 Å². The Morgan fingerprint density at radius 3 is 1.77 bits per heavy atom. The zero-order valence-corrected chi connectivity index (χ0v) is 13.8. The van der Waals surface area contributed by atoms with Crippen molar-refractivity contribution >= 4 is 17.5 Å². The van der Waals surface area contributed by atoms with Crippen LogP contribution in [0.4, 0.5) is 0 Å². The summed E-state index contributed by atoms with van der Waals surface area (Å²) in [5, 5.41) is 8.38. The van der Waals surface area contributed by atoms with E-state index in [1.165, 1.54) is 38.5 Å².